The molecule has 1 aromatic carbocycles. The van der Waals surface area contributed by atoms with Crippen molar-refractivity contribution in [2.45, 2.75) is 19.3 Å². The van der Waals surface area contributed by atoms with Gasteiger partial charge in [0.15, 0.2) is 11.5 Å². The van der Waals surface area contributed by atoms with E-state index in [1.54, 1.807) is 26.6 Å². The van der Waals surface area contributed by atoms with Gasteiger partial charge in [-0.05, 0) is 36.1 Å². The Bertz CT molecular complexity index is 632. The molecule has 0 unspecified atom stereocenters. The van der Waals surface area contributed by atoms with Gasteiger partial charge >= 0.3 is 0 Å². The molecule has 0 bridgehead atoms. The molecule has 0 radical (unpaired) electrons. The zero-order valence-corrected chi connectivity index (χ0v) is 13.4. The maximum atomic E-state index is 11.8. The predicted octanol–water partition coefficient (Wildman–Crippen LogP) is 1.79. The first-order valence-corrected chi connectivity index (χ1v) is 7.44. The Hall–Kier alpha value is -2.63. The Morgan fingerprint density at radius 3 is 2.48 bits per heavy atom. The van der Waals surface area contributed by atoms with Crippen LogP contribution in [-0.2, 0) is 17.6 Å². The minimum Gasteiger partial charge on any atom is -0.493 e. The van der Waals surface area contributed by atoms with Crippen molar-refractivity contribution in [3.05, 3.63) is 48.0 Å². The molecule has 1 N–H and O–H groups in total. The van der Waals surface area contributed by atoms with E-state index in [1.165, 1.54) is 6.33 Å². The van der Waals surface area contributed by atoms with E-state index in [0.717, 1.165) is 17.5 Å². The third-order valence-corrected chi connectivity index (χ3v) is 3.44. The molecule has 0 spiro atoms. The number of rotatable bonds is 8. The lowest BCUT2D eigenvalue weighted by atomic mass is 10.1. The highest BCUT2D eigenvalue weighted by atomic mass is 16.5. The Morgan fingerprint density at radius 1 is 1.04 bits per heavy atom. The van der Waals surface area contributed by atoms with Crippen molar-refractivity contribution in [2.75, 3.05) is 20.8 Å². The average molecular weight is 315 g/mol. The van der Waals surface area contributed by atoms with Crippen LogP contribution in [0, 0.1) is 0 Å². The van der Waals surface area contributed by atoms with E-state index in [1.807, 2.05) is 18.2 Å². The van der Waals surface area contributed by atoms with E-state index in [2.05, 4.69) is 15.3 Å². The molecule has 6 nitrogen and oxygen atoms in total. The summed E-state index contributed by atoms with van der Waals surface area (Å²) in [6, 6.07) is 5.76. The number of benzene rings is 1. The third kappa shape index (κ3) is 5.25. The fourth-order valence-electron chi connectivity index (χ4n) is 2.19. The number of hydrogen-bond acceptors (Lipinski definition) is 5. The molecule has 0 aliphatic heterocycles. The monoisotopic (exact) mass is 315 g/mol. The number of nitrogens with zero attached hydrogens (tertiary/aromatic N) is 2. The number of carbonyl (C=O) groups is 1. The molecule has 0 saturated heterocycles. The summed E-state index contributed by atoms with van der Waals surface area (Å²) < 4.78 is 10.5. The lowest BCUT2D eigenvalue weighted by molar-refractivity contribution is -0.121. The maximum Gasteiger partial charge on any atom is 0.220 e. The molecule has 6 heteroatoms. The fourth-order valence-corrected chi connectivity index (χ4v) is 2.19. The SMILES string of the molecule is COc1ccc(CCNC(=O)CCc2cncnc2)cc1OC. The largest absolute Gasteiger partial charge is 0.493 e. The number of carbonyl (C=O) groups excluding carboxylic acids is 1. The minimum atomic E-state index is 0.0225. The highest BCUT2D eigenvalue weighted by Crippen LogP contribution is 2.27. The maximum absolute atomic E-state index is 11.8. The van der Waals surface area contributed by atoms with Crippen molar-refractivity contribution < 1.29 is 14.3 Å². The van der Waals surface area contributed by atoms with Gasteiger partial charge in [-0.25, -0.2) is 9.97 Å². The van der Waals surface area contributed by atoms with Gasteiger partial charge in [0.25, 0.3) is 0 Å². The molecule has 2 aromatic rings. The Kier molecular flexibility index (Phi) is 6.35. The zero-order chi connectivity index (χ0) is 16.5. The highest BCUT2D eigenvalue weighted by molar-refractivity contribution is 5.76. The molecule has 0 atom stereocenters. The highest BCUT2D eigenvalue weighted by Gasteiger charge is 2.06. The van der Waals surface area contributed by atoms with Crippen molar-refractivity contribution in [1.29, 1.82) is 0 Å². The summed E-state index contributed by atoms with van der Waals surface area (Å²) in [6.07, 6.45) is 6.74. The van der Waals surface area contributed by atoms with Crippen LogP contribution in [0.1, 0.15) is 17.5 Å². The molecule has 1 amide bonds. The van der Waals surface area contributed by atoms with Crippen molar-refractivity contribution in [2.24, 2.45) is 0 Å². The summed E-state index contributed by atoms with van der Waals surface area (Å²) in [5, 5.41) is 2.92. The normalized spacial score (nSPS) is 10.2. The smallest absolute Gasteiger partial charge is 0.220 e. The summed E-state index contributed by atoms with van der Waals surface area (Å²) in [5.74, 6) is 1.42. The molecule has 0 saturated carbocycles. The number of nitrogens with one attached hydrogen (secondary N) is 1. The number of methoxy groups -OCH3 is 2. The Labute approximate surface area is 135 Å². The summed E-state index contributed by atoms with van der Waals surface area (Å²) in [4.78, 5) is 19.7. The molecule has 122 valence electrons. The molecule has 1 heterocycles. The molecule has 0 aliphatic carbocycles. The molecule has 1 aromatic heterocycles. The van der Waals surface area contributed by atoms with Crippen LogP contribution in [0.15, 0.2) is 36.9 Å². The van der Waals surface area contributed by atoms with Gasteiger partial charge in [0, 0.05) is 25.4 Å². The predicted molar refractivity (Wildman–Crippen MR) is 86.6 cm³/mol. The average Bonchev–Trinajstić information content (AvgIpc) is 2.60. The zero-order valence-electron chi connectivity index (χ0n) is 13.4. The van der Waals surface area contributed by atoms with E-state index in [-0.39, 0.29) is 5.91 Å². The van der Waals surface area contributed by atoms with Gasteiger partial charge in [0.05, 0.1) is 14.2 Å². The first kappa shape index (κ1) is 16.7. The minimum absolute atomic E-state index is 0.0225. The molecular weight excluding hydrogens is 294 g/mol. The lowest BCUT2D eigenvalue weighted by Gasteiger charge is -2.10. The number of ether oxygens (including phenoxy) is 2. The van der Waals surface area contributed by atoms with Gasteiger partial charge in [-0.2, -0.15) is 0 Å². The standard InChI is InChI=1S/C17H21N3O3/c1-22-15-5-3-13(9-16(15)23-2)7-8-20-17(21)6-4-14-10-18-12-19-11-14/h3,5,9-12H,4,6-8H2,1-2H3,(H,20,21). The van der Waals surface area contributed by atoms with E-state index in [4.69, 9.17) is 9.47 Å². The van der Waals surface area contributed by atoms with Crippen LogP contribution in [0.4, 0.5) is 0 Å². The second-order valence-corrected chi connectivity index (χ2v) is 5.04. The van der Waals surface area contributed by atoms with Gasteiger partial charge in [-0.1, -0.05) is 6.07 Å². The molecule has 2 rings (SSSR count). The van der Waals surface area contributed by atoms with Gasteiger partial charge in [0.1, 0.15) is 6.33 Å². The molecular formula is C17H21N3O3. The number of hydrogen-bond donors (Lipinski definition) is 1. The van der Waals surface area contributed by atoms with Crippen molar-refractivity contribution in [3.63, 3.8) is 0 Å². The van der Waals surface area contributed by atoms with E-state index in [0.29, 0.717) is 30.9 Å². The summed E-state index contributed by atoms with van der Waals surface area (Å²) >= 11 is 0. The topological polar surface area (TPSA) is 73.3 Å². The van der Waals surface area contributed by atoms with Crippen LogP contribution in [-0.4, -0.2) is 36.6 Å². The fraction of sp³-hybridized carbons (Fsp3) is 0.353. The second-order valence-electron chi connectivity index (χ2n) is 5.04. The van der Waals surface area contributed by atoms with Gasteiger partial charge in [-0.15, -0.1) is 0 Å². The van der Waals surface area contributed by atoms with Crippen LogP contribution in [0.25, 0.3) is 0 Å². The first-order valence-electron chi connectivity index (χ1n) is 7.44. The summed E-state index contributed by atoms with van der Waals surface area (Å²) in [6.45, 7) is 0.583. The summed E-state index contributed by atoms with van der Waals surface area (Å²) in [5.41, 5.74) is 2.04. The first-order chi connectivity index (χ1) is 11.2. The number of aryl methyl sites for hydroxylation is 1. The Balaban J connectivity index is 1.75. The van der Waals surface area contributed by atoms with Crippen LogP contribution in [0.5, 0.6) is 11.5 Å². The van der Waals surface area contributed by atoms with E-state index >= 15 is 0 Å². The second kappa shape index (κ2) is 8.73. The number of amides is 1. The summed E-state index contributed by atoms with van der Waals surface area (Å²) in [7, 11) is 3.21. The van der Waals surface area contributed by atoms with Crippen molar-refractivity contribution in [3.8, 4) is 11.5 Å². The Morgan fingerprint density at radius 2 is 1.78 bits per heavy atom. The van der Waals surface area contributed by atoms with Crippen molar-refractivity contribution >= 4 is 5.91 Å². The third-order valence-electron chi connectivity index (χ3n) is 3.44. The molecule has 23 heavy (non-hydrogen) atoms. The van der Waals surface area contributed by atoms with Crippen LogP contribution < -0.4 is 14.8 Å². The number of aromatic nitrogens is 2. The quantitative estimate of drug-likeness (QED) is 0.804. The van der Waals surface area contributed by atoms with Crippen molar-refractivity contribution in [1.82, 2.24) is 15.3 Å². The van der Waals surface area contributed by atoms with E-state index in [9.17, 15) is 4.79 Å². The molecule has 0 fully saturated rings. The van der Waals surface area contributed by atoms with Crippen LogP contribution >= 0.6 is 0 Å². The molecule has 0 aliphatic rings. The van der Waals surface area contributed by atoms with Crippen LogP contribution in [0.2, 0.25) is 0 Å². The van der Waals surface area contributed by atoms with Gasteiger partial charge < -0.3 is 14.8 Å². The van der Waals surface area contributed by atoms with Gasteiger partial charge in [-0.3, -0.25) is 4.79 Å². The van der Waals surface area contributed by atoms with Crippen LogP contribution in [0.3, 0.4) is 0 Å². The lowest BCUT2D eigenvalue weighted by Crippen LogP contribution is -2.25. The van der Waals surface area contributed by atoms with E-state index < -0.39 is 0 Å². The van der Waals surface area contributed by atoms with Gasteiger partial charge in [0.2, 0.25) is 5.91 Å².